The number of ether oxygens (including phenoxy) is 3. The van der Waals surface area contributed by atoms with Gasteiger partial charge >= 0.3 is 18.2 Å². The van der Waals surface area contributed by atoms with Crippen LogP contribution in [0.2, 0.25) is 0 Å². The van der Waals surface area contributed by atoms with Gasteiger partial charge in [0.1, 0.15) is 30.3 Å². The second-order valence-corrected chi connectivity index (χ2v) is 16.7. The molecule has 0 aromatic heterocycles. The number of alkyl carbamates (subject to hydrolysis) is 2. The maximum Gasteiger partial charge on any atom is 0.408 e. The third-order valence-electron chi connectivity index (χ3n) is 9.66. The number of carbonyl (C=O) groups excluding carboxylic acids is 6. The van der Waals surface area contributed by atoms with Crippen LogP contribution in [0, 0.1) is 17.8 Å². The minimum atomic E-state index is -1.03. The number of carbonyl (C=O) groups is 6. The SMILES string of the molecule is COC(=O)[C@@H](CCCNC(=O)OCc1ccccc1)NC(=O)[C@@H](NC(=O)[C@@H]1CCCN1C(=O)[C@H](/C=C/[C@H](CC(C)C)NC(=O)OC(C)(C)C)Cc1ccccc1)C(C)C. The number of amides is 5. The molecule has 5 amide bonds. The van der Waals surface area contributed by atoms with Crippen LogP contribution in [0.3, 0.4) is 0 Å². The van der Waals surface area contributed by atoms with Gasteiger partial charge in [-0.2, -0.15) is 0 Å². The van der Waals surface area contributed by atoms with E-state index in [2.05, 4.69) is 21.3 Å². The maximum atomic E-state index is 14.4. The van der Waals surface area contributed by atoms with Crippen molar-refractivity contribution in [2.75, 3.05) is 20.2 Å². The summed E-state index contributed by atoms with van der Waals surface area (Å²) in [5.74, 6) is -2.73. The summed E-state index contributed by atoms with van der Waals surface area (Å²) in [6.45, 7) is 13.7. The second kappa shape index (κ2) is 23.9. The predicted molar refractivity (Wildman–Crippen MR) is 225 cm³/mol. The van der Waals surface area contributed by atoms with Crippen LogP contribution in [-0.4, -0.2) is 90.7 Å². The highest BCUT2D eigenvalue weighted by Crippen LogP contribution is 2.24. The normalized spacial score (nSPS) is 16.2. The number of hydrogen-bond acceptors (Lipinski definition) is 9. The fourth-order valence-corrected chi connectivity index (χ4v) is 6.75. The molecule has 14 heteroatoms. The van der Waals surface area contributed by atoms with Gasteiger partial charge in [0.05, 0.1) is 19.1 Å². The van der Waals surface area contributed by atoms with Crippen LogP contribution < -0.4 is 21.3 Å². The standard InChI is InChI=1S/C45H65N5O9/c1-30(2)27-35(47-44(56)59-45(5,6)7)24-23-34(28-32-17-11-9-12-18-32)41(53)50-26-16-22-37(50)39(51)49-38(31(3)4)40(52)48-36(42(54)57-8)21-15-25-46-43(55)58-29-33-19-13-10-14-20-33/h9-14,17-20,23-24,30-31,34-38H,15-16,21-22,25-29H2,1-8H3,(H,46,55)(H,47,56)(H,48,52)(H,49,51)/b24-23+/t34-,35-,36-,37+,38+/m1/s1. The third kappa shape index (κ3) is 17.2. The molecule has 0 saturated carbocycles. The van der Waals surface area contributed by atoms with Crippen molar-refractivity contribution in [1.82, 2.24) is 26.2 Å². The molecule has 0 bridgehead atoms. The van der Waals surface area contributed by atoms with Crippen molar-refractivity contribution < 1.29 is 43.0 Å². The van der Waals surface area contributed by atoms with Crippen LogP contribution in [0.1, 0.15) is 91.7 Å². The van der Waals surface area contributed by atoms with E-state index in [0.29, 0.717) is 38.6 Å². The first-order valence-electron chi connectivity index (χ1n) is 20.6. The topological polar surface area (TPSA) is 181 Å². The lowest BCUT2D eigenvalue weighted by molar-refractivity contribution is -0.146. The summed E-state index contributed by atoms with van der Waals surface area (Å²) < 4.78 is 15.7. The van der Waals surface area contributed by atoms with Crippen LogP contribution in [0.5, 0.6) is 0 Å². The monoisotopic (exact) mass is 819 g/mol. The molecule has 14 nitrogen and oxygen atoms in total. The minimum Gasteiger partial charge on any atom is -0.467 e. The number of likely N-dealkylation sites (tertiary alicyclic amines) is 1. The molecule has 1 fully saturated rings. The Kier molecular flexibility index (Phi) is 19.4. The largest absolute Gasteiger partial charge is 0.467 e. The van der Waals surface area contributed by atoms with E-state index in [9.17, 15) is 28.8 Å². The summed E-state index contributed by atoms with van der Waals surface area (Å²) in [5.41, 5.74) is 1.11. The Morgan fingerprint density at radius 3 is 2.08 bits per heavy atom. The van der Waals surface area contributed by atoms with Gasteiger partial charge in [0.15, 0.2) is 0 Å². The molecule has 2 aromatic rings. The summed E-state index contributed by atoms with van der Waals surface area (Å²) in [4.78, 5) is 81.2. The van der Waals surface area contributed by atoms with Crippen molar-refractivity contribution in [1.29, 1.82) is 0 Å². The molecule has 1 aliphatic rings. The Balaban J connectivity index is 1.69. The van der Waals surface area contributed by atoms with E-state index in [1.165, 1.54) is 7.11 Å². The Hall–Kier alpha value is -5.40. The molecule has 1 heterocycles. The number of benzene rings is 2. The number of methoxy groups -OCH3 is 1. The maximum absolute atomic E-state index is 14.4. The highest BCUT2D eigenvalue weighted by Gasteiger charge is 2.39. The zero-order valence-corrected chi connectivity index (χ0v) is 36.0. The van der Waals surface area contributed by atoms with E-state index >= 15 is 0 Å². The summed E-state index contributed by atoms with van der Waals surface area (Å²) in [6, 6.07) is 15.6. The Morgan fingerprint density at radius 2 is 1.49 bits per heavy atom. The number of nitrogens with one attached hydrogen (secondary N) is 4. The summed E-state index contributed by atoms with van der Waals surface area (Å²) in [6.07, 6.45) is 4.97. The van der Waals surface area contributed by atoms with E-state index in [4.69, 9.17) is 14.2 Å². The molecule has 3 rings (SSSR count). The molecule has 2 aromatic carbocycles. The molecular weight excluding hydrogens is 755 g/mol. The summed E-state index contributed by atoms with van der Waals surface area (Å²) in [7, 11) is 1.22. The molecule has 4 N–H and O–H groups in total. The predicted octanol–water partition coefficient (Wildman–Crippen LogP) is 5.84. The molecular formula is C45H65N5O9. The highest BCUT2D eigenvalue weighted by atomic mass is 16.6. The molecule has 0 aliphatic carbocycles. The zero-order valence-electron chi connectivity index (χ0n) is 36.0. The Morgan fingerprint density at radius 1 is 0.847 bits per heavy atom. The lowest BCUT2D eigenvalue weighted by atomic mass is 9.94. The second-order valence-electron chi connectivity index (χ2n) is 16.7. The number of rotatable bonds is 20. The average molecular weight is 820 g/mol. The zero-order chi connectivity index (χ0) is 43.5. The number of esters is 1. The van der Waals surface area contributed by atoms with Crippen molar-refractivity contribution in [2.24, 2.45) is 17.8 Å². The molecule has 0 spiro atoms. The van der Waals surface area contributed by atoms with Crippen LogP contribution in [0.15, 0.2) is 72.8 Å². The van der Waals surface area contributed by atoms with Crippen LogP contribution in [0.25, 0.3) is 0 Å². The van der Waals surface area contributed by atoms with Gasteiger partial charge in [-0.05, 0) is 82.3 Å². The van der Waals surface area contributed by atoms with Gasteiger partial charge in [0.25, 0.3) is 0 Å². The number of nitrogens with zero attached hydrogens (tertiary/aromatic N) is 1. The first-order chi connectivity index (χ1) is 28.0. The van der Waals surface area contributed by atoms with E-state index in [0.717, 1.165) is 11.1 Å². The summed E-state index contributed by atoms with van der Waals surface area (Å²) >= 11 is 0. The fraction of sp³-hybridized carbons (Fsp3) is 0.556. The molecule has 324 valence electrons. The first kappa shape index (κ1) is 48.0. The first-order valence-corrected chi connectivity index (χ1v) is 20.6. The smallest absolute Gasteiger partial charge is 0.408 e. The molecule has 0 unspecified atom stereocenters. The van der Waals surface area contributed by atoms with Crippen molar-refractivity contribution in [3.8, 4) is 0 Å². The van der Waals surface area contributed by atoms with Gasteiger partial charge in [-0.1, -0.05) is 101 Å². The van der Waals surface area contributed by atoms with Crippen LogP contribution >= 0.6 is 0 Å². The van der Waals surface area contributed by atoms with E-state index in [1.807, 2.05) is 86.7 Å². The van der Waals surface area contributed by atoms with E-state index < -0.39 is 65.7 Å². The highest BCUT2D eigenvalue weighted by molar-refractivity contribution is 5.94. The molecule has 1 aliphatic heterocycles. The lowest BCUT2D eigenvalue weighted by Gasteiger charge is -2.30. The fourth-order valence-electron chi connectivity index (χ4n) is 6.75. The van der Waals surface area contributed by atoms with Gasteiger partial charge in [0, 0.05) is 13.1 Å². The van der Waals surface area contributed by atoms with Crippen LogP contribution in [-0.2, 0) is 46.4 Å². The third-order valence-corrected chi connectivity index (χ3v) is 9.66. The van der Waals surface area contributed by atoms with Crippen molar-refractivity contribution in [3.63, 3.8) is 0 Å². The van der Waals surface area contributed by atoms with Gasteiger partial charge < -0.3 is 40.4 Å². The Bertz CT molecular complexity index is 1690. The van der Waals surface area contributed by atoms with E-state index in [1.54, 1.807) is 39.5 Å². The van der Waals surface area contributed by atoms with Gasteiger partial charge in [-0.25, -0.2) is 14.4 Å². The average Bonchev–Trinajstić information content (AvgIpc) is 3.68. The lowest BCUT2D eigenvalue weighted by Crippen LogP contribution is -2.57. The van der Waals surface area contributed by atoms with Crippen molar-refractivity contribution >= 4 is 35.9 Å². The van der Waals surface area contributed by atoms with Gasteiger partial charge in [-0.3, -0.25) is 14.4 Å². The van der Waals surface area contributed by atoms with Gasteiger partial charge in [-0.15, -0.1) is 0 Å². The van der Waals surface area contributed by atoms with E-state index in [-0.39, 0.29) is 37.3 Å². The Labute approximate surface area is 349 Å². The molecule has 1 saturated heterocycles. The molecule has 5 atom stereocenters. The van der Waals surface area contributed by atoms with Crippen molar-refractivity contribution in [3.05, 3.63) is 83.9 Å². The quantitative estimate of drug-likeness (QED) is 0.0553. The molecule has 59 heavy (non-hydrogen) atoms. The number of hydrogen-bond donors (Lipinski definition) is 4. The van der Waals surface area contributed by atoms with Crippen molar-refractivity contribution in [2.45, 2.75) is 123 Å². The van der Waals surface area contributed by atoms with Gasteiger partial charge in [0.2, 0.25) is 17.7 Å². The summed E-state index contributed by atoms with van der Waals surface area (Å²) in [5, 5.41) is 11.2. The van der Waals surface area contributed by atoms with Crippen LogP contribution in [0.4, 0.5) is 9.59 Å². The minimum absolute atomic E-state index is 0.113. The molecule has 0 radical (unpaired) electrons.